The average Bonchev–Trinajstić information content (AvgIpc) is 3.13. The molecule has 3 rings (SSSR count). The predicted molar refractivity (Wildman–Crippen MR) is 85.5 cm³/mol. The number of aliphatic hydroxyl groups is 1. The summed E-state index contributed by atoms with van der Waals surface area (Å²) in [5.41, 5.74) is -1.60. The highest BCUT2D eigenvalue weighted by molar-refractivity contribution is 5.31. The molecule has 132 valence electrons. The monoisotopic (exact) mass is 356 g/mol. The maximum absolute atomic E-state index is 14.5. The number of nitriles is 1. The van der Waals surface area contributed by atoms with Crippen LogP contribution in [0.15, 0.2) is 36.8 Å². The lowest BCUT2D eigenvalue weighted by atomic mass is 9.77. The Morgan fingerprint density at radius 2 is 2.12 bits per heavy atom. The summed E-state index contributed by atoms with van der Waals surface area (Å²) in [7, 11) is 0. The number of halogens is 2. The number of nitrogens with one attached hydrogen (secondary N) is 1. The van der Waals surface area contributed by atoms with Gasteiger partial charge in [0.05, 0.1) is 5.69 Å². The molecule has 3 aromatic rings. The minimum atomic E-state index is -1.82. The summed E-state index contributed by atoms with van der Waals surface area (Å²) in [6.45, 7) is 1.63. The lowest BCUT2D eigenvalue weighted by molar-refractivity contribution is 0.00616. The molecule has 2 aromatic heterocycles. The zero-order valence-electron chi connectivity index (χ0n) is 13.7. The molecule has 26 heavy (non-hydrogen) atoms. The summed E-state index contributed by atoms with van der Waals surface area (Å²) < 4.78 is 27.8. The summed E-state index contributed by atoms with van der Waals surface area (Å²) in [5.74, 6) is -2.17. The van der Waals surface area contributed by atoms with Gasteiger partial charge >= 0.3 is 0 Å². The number of nitrogens with zero attached hydrogens (tertiary/aromatic N) is 5. The summed E-state index contributed by atoms with van der Waals surface area (Å²) in [6.07, 6.45) is 2.52. The van der Waals surface area contributed by atoms with Crippen LogP contribution in [-0.4, -0.2) is 30.3 Å². The van der Waals surface area contributed by atoms with E-state index < -0.39 is 23.2 Å². The molecule has 0 aliphatic carbocycles. The highest BCUT2D eigenvalue weighted by Crippen LogP contribution is 2.39. The van der Waals surface area contributed by atoms with Crippen molar-refractivity contribution in [1.29, 1.82) is 5.26 Å². The van der Waals surface area contributed by atoms with Gasteiger partial charge in [0, 0.05) is 30.2 Å². The first-order valence-electron chi connectivity index (χ1n) is 7.69. The number of aromatic amines is 1. The predicted octanol–water partition coefficient (Wildman–Crippen LogP) is 1.98. The summed E-state index contributed by atoms with van der Waals surface area (Å²) in [4.78, 5) is 11.9. The van der Waals surface area contributed by atoms with Crippen molar-refractivity contribution in [3.05, 3.63) is 71.3 Å². The Morgan fingerprint density at radius 3 is 2.77 bits per heavy atom. The fourth-order valence-electron chi connectivity index (χ4n) is 2.81. The van der Waals surface area contributed by atoms with Crippen molar-refractivity contribution in [3.63, 3.8) is 0 Å². The van der Waals surface area contributed by atoms with E-state index in [1.54, 1.807) is 6.92 Å². The standard InChI is InChI=1S/C17H14F2N6O/c1-10(14-4-5-21-16(8-20)24-14)17(26,7-15-22-9-23-25-15)12-3-2-11(18)6-13(12)19/h2-6,9-10,26H,7H2,1H3,(H,22,23,25). The van der Waals surface area contributed by atoms with E-state index in [-0.39, 0.29) is 17.8 Å². The number of H-pyrrole nitrogens is 1. The van der Waals surface area contributed by atoms with Crippen molar-refractivity contribution in [2.24, 2.45) is 0 Å². The van der Waals surface area contributed by atoms with Crippen molar-refractivity contribution >= 4 is 0 Å². The van der Waals surface area contributed by atoms with Crippen molar-refractivity contribution in [1.82, 2.24) is 25.1 Å². The molecule has 0 bridgehead atoms. The molecule has 0 aliphatic heterocycles. The molecule has 7 nitrogen and oxygen atoms in total. The van der Waals surface area contributed by atoms with Crippen LogP contribution < -0.4 is 0 Å². The molecular weight excluding hydrogens is 342 g/mol. The molecule has 0 fully saturated rings. The van der Waals surface area contributed by atoms with Gasteiger partial charge in [0.1, 0.15) is 35.5 Å². The quantitative estimate of drug-likeness (QED) is 0.723. The minimum Gasteiger partial charge on any atom is -0.384 e. The lowest BCUT2D eigenvalue weighted by Gasteiger charge is -2.34. The van der Waals surface area contributed by atoms with Crippen molar-refractivity contribution < 1.29 is 13.9 Å². The van der Waals surface area contributed by atoms with Crippen LogP contribution in [0.3, 0.4) is 0 Å². The normalized spacial score (nSPS) is 14.4. The zero-order chi connectivity index (χ0) is 18.7. The van der Waals surface area contributed by atoms with E-state index >= 15 is 0 Å². The van der Waals surface area contributed by atoms with Crippen LogP contribution in [0.5, 0.6) is 0 Å². The smallest absolute Gasteiger partial charge is 0.232 e. The summed E-state index contributed by atoms with van der Waals surface area (Å²) >= 11 is 0. The third-order valence-corrected chi connectivity index (χ3v) is 4.24. The number of rotatable bonds is 5. The van der Waals surface area contributed by atoms with Crippen molar-refractivity contribution in [3.8, 4) is 6.07 Å². The molecule has 2 heterocycles. The Kier molecular flexibility index (Phi) is 4.69. The van der Waals surface area contributed by atoms with Gasteiger partial charge in [-0.25, -0.2) is 23.7 Å². The second kappa shape index (κ2) is 6.93. The number of hydrogen-bond acceptors (Lipinski definition) is 6. The van der Waals surface area contributed by atoms with E-state index in [0.29, 0.717) is 17.6 Å². The molecule has 2 atom stereocenters. The fraction of sp³-hybridized carbons (Fsp3) is 0.235. The van der Waals surface area contributed by atoms with Gasteiger partial charge in [-0.1, -0.05) is 13.0 Å². The van der Waals surface area contributed by atoms with Gasteiger partial charge < -0.3 is 5.11 Å². The molecule has 0 saturated carbocycles. The number of aromatic nitrogens is 5. The van der Waals surface area contributed by atoms with Crippen LogP contribution >= 0.6 is 0 Å². The average molecular weight is 356 g/mol. The third kappa shape index (κ3) is 3.27. The zero-order valence-corrected chi connectivity index (χ0v) is 13.7. The Balaban J connectivity index is 2.11. The molecule has 2 unspecified atom stereocenters. The SMILES string of the molecule is CC(c1ccnc(C#N)n1)C(O)(Cc1ncn[nH]1)c1ccc(F)cc1F. The Hall–Kier alpha value is -3.25. The van der Waals surface area contributed by atoms with E-state index in [9.17, 15) is 13.9 Å². The molecule has 0 radical (unpaired) electrons. The van der Waals surface area contributed by atoms with Gasteiger partial charge in [-0.2, -0.15) is 10.4 Å². The lowest BCUT2D eigenvalue weighted by Crippen LogP contribution is -2.36. The van der Waals surface area contributed by atoms with E-state index in [0.717, 1.165) is 6.07 Å². The number of benzene rings is 1. The largest absolute Gasteiger partial charge is 0.384 e. The summed E-state index contributed by atoms with van der Waals surface area (Å²) in [6, 6.07) is 6.30. The van der Waals surface area contributed by atoms with E-state index in [2.05, 4.69) is 25.1 Å². The van der Waals surface area contributed by atoms with Crippen LogP contribution in [0.2, 0.25) is 0 Å². The fourth-order valence-corrected chi connectivity index (χ4v) is 2.81. The maximum atomic E-state index is 14.5. The molecule has 0 aliphatic rings. The van der Waals surface area contributed by atoms with E-state index in [1.165, 1.54) is 24.7 Å². The van der Waals surface area contributed by atoms with Crippen LogP contribution in [0.25, 0.3) is 0 Å². The van der Waals surface area contributed by atoms with E-state index in [4.69, 9.17) is 5.26 Å². The van der Waals surface area contributed by atoms with E-state index in [1.807, 2.05) is 6.07 Å². The molecule has 9 heteroatoms. The first kappa shape index (κ1) is 17.6. The second-order valence-corrected chi connectivity index (χ2v) is 5.80. The summed E-state index contributed by atoms with van der Waals surface area (Å²) in [5, 5.41) is 26.7. The van der Waals surface area contributed by atoms with Crippen molar-refractivity contribution in [2.45, 2.75) is 24.9 Å². The second-order valence-electron chi connectivity index (χ2n) is 5.80. The molecule has 0 saturated heterocycles. The van der Waals surface area contributed by atoms with Gasteiger partial charge in [-0.15, -0.1) is 0 Å². The van der Waals surface area contributed by atoms with Crippen LogP contribution in [-0.2, 0) is 12.0 Å². The highest BCUT2D eigenvalue weighted by Gasteiger charge is 2.41. The van der Waals surface area contributed by atoms with Gasteiger partial charge in [0.2, 0.25) is 5.82 Å². The molecule has 1 aromatic carbocycles. The first-order valence-corrected chi connectivity index (χ1v) is 7.69. The Morgan fingerprint density at radius 1 is 1.31 bits per heavy atom. The maximum Gasteiger partial charge on any atom is 0.232 e. The van der Waals surface area contributed by atoms with Gasteiger partial charge in [0.25, 0.3) is 0 Å². The first-order chi connectivity index (χ1) is 12.4. The third-order valence-electron chi connectivity index (χ3n) is 4.24. The topological polar surface area (TPSA) is 111 Å². The molecular formula is C17H14F2N6O. The van der Waals surface area contributed by atoms with Gasteiger partial charge in [-0.3, -0.25) is 5.10 Å². The molecule has 2 N–H and O–H groups in total. The van der Waals surface area contributed by atoms with Crippen LogP contribution in [0, 0.1) is 23.0 Å². The van der Waals surface area contributed by atoms with Gasteiger partial charge in [0.15, 0.2) is 0 Å². The van der Waals surface area contributed by atoms with Crippen LogP contribution in [0.1, 0.15) is 35.7 Å². The Bertz CT molecular complexity index is 956. The Labute approximate surface area is 147 Å². The number of hydrogen-bond donors (Lipinski definition) is 2. The highest BCUT2D eigenvalue weighted by atomic mass is 19.1. The van der Waals surface area contributed by atoms with Gasteiger partial charge in [-0.05, 0) is 12.1 Å². The molecule has 0 amide bonds. The minimum absolute atomic E-state index is 0.0732. The van der Waals surface area contributed by atoms with Crippen LogP contribution in [0.4, 0.5) is 8.78 Å². The van der Waals surface area contributed by atoms with Crippen molar-refractivity contribution in [2.75, 3.05) is 0 Å². The molecule has 0 spiro atoms.